The van der Waals surface area contributed by atoms with Crippen LogP contribution < -0.4 is 4.90 Å². The molecule has 0 aliphatic carbocycles. The van der Waals surface area contributed by atoms with E-state index in [0.29, 0.717) is 5.69 Å². The highest BCUT2D eigenvalue weighted by atomic mass is 16.3. The minimum atomic E-state index is -0.0106. The number of anilines is 1. The number of aliphatic hydroxyl groups excluding tert-OH is 1. The van der Waals surface area contributed by atoms with E-state index in [2.05, 4.69) is 14.9 Å². The van der Waals surface area contributed by atoms with Gasteiger partial charge in [0.15, 0.2) is 0 Å². The standard InChI is InChI=1S/C9H13N3O/c13-7-8-3-4-10-9(11-8)12-5-1-2-6-12/h3-4,13H,1-2,5-7H2. The number of aromatic nitrogens is 2. The van der Waals surface area contributed by atoms with Crippen molar-refractivity contribution < 1.29 is 5.11 Å². The predicted octanol–water partition coefficient (Wildman–Crippen LogP) is 0.569. The lowest BCUT2D eigenvalue weighted by Crippen LogP contribution is -2.20. The molecule has 0 bridgehead atoms. The molecule has 0 aromatic carbocycles. The molecule has 0 unspecified atom stereocenters. The Morgan fingerprint density at radius 3 is 2.85 bits per heavy atom. The van der Waals surface area contributed by atoms with Crippen LogP contribution in [0.4, 0.5) is 5.95 Å². The maximum atomic E-state index is 8.90. The van der Waals surface area contributed by atoms with Crippen molar-refractivity contribution in [2.75, 3.05) is 18.0 Å². The Bertz CT molecular complexity index is 284. The highest BCUT2D eigenvalue weighted by molar-refractivity contribution is 5.31. The van der Waals surface area contributed by atoms with Crippen LogP contribution in [0.15, 0.2) is 12.3 Å². The van der Waals surface area contributed by atoms with Crippen LogP contribution >= 0.6 is 0 Å². The first-order valence-electron chi connectivity index (χ1n) is 4.58. The van der Waals surface area contributed by atoms with E-state index in [1.807, 2.05) is 0 Å². The summed E-state index contributed by atoms with van der Waals surface area (Å²) in [5.74, 6) is 0.754. The van der Waals surface area contributed by atoms with Crippen LogP contribution in [0.1, 0.15) is 18.5 Å². The summed E-state index contributed by atoms with van der Waals surface area (Å²) in [4.78, 5) is 10.6. The smallest absolute Gasteiger partial charge is 0.225 e. The molecule has 0 atom stereocenters. The van der Waals surface area contributed by atoms with Crippen molar-refractivity contribution in [1.82, 2.24) is 9.97 Å². The van der Waals surface area contributed by atoms with Gasteiger partial charge in [0, 0.05) is 19.3 Å². The van der Waals surface area contributed by atoms with Crippen LogP contribution in [0.3, 0.4) is 0 Å². The topological polar surface area (TPSA) is 49.3 Å². The Morgan fingerprint density at radius 2 is 2.15 bits per heavy atom. The van der Waals surface area contributed by atoms with Gasteiger partial charge in [-0.25, -0.2) is 9.97 Å². The molecule has 4 heteroatoms. The van der Waals surface area contributed by atoms with Gasteiger partial charge in [-0.05, 0) is 18.9 Å². The summed E-state index contributed by atoms with van der Waals surface area (Å²) in [6, 6.07) is 1.74. The Hall–Kier alpha value is -1.16. The summed E-state index contributed by atoms with van der Waals surface area (Å²) < 4.78 is 0. The lowest BCUT2D eigenvalue weighted by molar-refractivity contribution is 0.276. The van der Waals surface area contributed by atoms with Gasteiger partial charge in [-0.1, -0.05) is 0 Å². The molecule has 2 heterocycles. The van der Waals surface area contributed by atoms with E-state index in [-0.39, 0.29) is 6.61 Å². The molecule has 1 N–H and O–H groups in total. The summed E-state index contributed by atoms with van der Waals surface area (Å²) in [5, 5.41) is 8.90. The Labute approximate surface area is 77.2 Å². The van der Waals surface area contributed by atoms with Gasteiger partial charge in [0.2, 0.25) is 5.95 Å². The zero-order chi connectivity index (χ0) is 9.10. The first kappa shape index (κ1) is 8.44. The maximum absolute atomic E-state index is 8.90. The van der Waals surface area contributed by atoms with Crippen molar-refractivity contribution in [2.45, 2.75) is 19.4 Å². The molecule has 2 rings (SSSR count). The second-order valence-corrected chi connectivity index (χ2v) is 3.20. The van der Waals surface area contributed by atoms with Crippen molar-refractivity contribution in [3.05, 3.63) is 18.0 Å². The highest BCUT2D eigenvalue weighted by Crippen LogP contribution is 2.14. The van der Waals surface area contributed by atoms with E-state index in [0.717, 1.165) is 19.0 Å². The van der Waals surface area contributed by atoms with E-state index < -0.39 is 0 Å². The van der Waals surface area contributed by atoms with Crippen molar-refractivity contribution >= 4 is 5.95 Å². The lowest BCUT2D eigenvalue weighted by atomic mass is 10.4. The molecule has 1 fully saturated rings. The molecular formula is C9H13N3O. The highest BCUT2D eigenvalue weighted by Gasteiger charge is 2.14. The normalized spacial score (nSPS) is 16.5. The molecule has 0 amide bonds. The number of aliphatic hydroxyl groups is 1. The number of rotatable bonds is 2. The molecule has 1 aromatic heterocycles. The van der Waals surface area contributed by atoms with Crippen molar-refractivity contribution in [2.24, 2.45) is 0 Å². The molecule has 1 aromatic rings. The minimum absolute atomic E-state index is 0.0106. The lowest BCUT2D eigenvalue weighted by Gasteiger charge is -2.14. The van der Waals surface area contributed by atoms with Gasteiger partial charge in [-0.3, -0.25) is 0 Å². The van der Waals surface area contributed by atoms with Gasteiger partial charge in [0.25, 0.3) is 0 Å². The van der Waals surface area contributed by atoms with E-state index in [1.165, 1.54) is 12.8 Å². The third-order valence-electron chi connectivity index (χ3n) is 2.25. The average molecular weight is 179 g/mol. The van der Waals surface area contributed by atoms with E-state index in [4.69, 9.17) is 5.11 Å². The molecule has 1 aliphatic heterocycles. The van der Waals surface area contributed by atoms with E-state index >= 15 is 0 Å². The van der Waals surface area contributed by atoms with Crippen LogP contribution in [-0.4, -0.2) is 28.2 Å². The molecule has 1 saturated heterocycles. The molecule has 13 heavy (non-hydrogen) atoms. The van der Waals surface area contributed by atoms with Crippen LogP contribution in [0, 0.1) is 0 Å². The van der Waals surface area contributed by atoms with Crippen molar-refractivity contribution in [1.29, 1.82) is 0 Å². The van der Waals surface area contributed by atoms with Gasteiger partial charge < -0.3 is 10.0 Å². The average Bonchev–Trinajstić information content (AvgIpc) is 2.71. The molecule has 0 radical (unpaired) electrons. The van der Waals surface area contributed by atoms with Crippen molar-refractivity contribution in [3.63, 3.8) is 0 Å². The molecule has 70 valence electrons. The maximum Gasteiger partial charge on any atom is 0.225 e. The summed E-state index contributed by atoms with van der Waals surface area (Å²) in [6.45, 7) is 2.06. The van der Waals surface area contributed by atoms with Gasteiger partial charge in [0.05, 0.1) is 12.3 Å². The van der Waals surface area contributed by atoms with Gasteiger partial charge in [-0.2, -0.15) is 0 Å². The fourth-order valence-corrected chi connectivity index (χ4v) is 1.54. The van der Waals surface area contributed by atoms with Gasteiger partial charge >= 0.3 is 0 Å². The van der Waals surface area contributed by atoms with Crippen LogP contribution in [0.25, 0.3) is 0 Å². The second kappa shape index (κ2) is 3.70. The first-order chi connectivity index (χ1) is 6.40. The van der Waals surface area contributed by atoms with Gasteiger partial charge in [-0.15, -0.1) is 0 Å². The fraction of sp³-hybridized carbons (Fsp3) is 0.556. The SMILES string of the molecule is OCc1ccnc(N2CCCC2)n1. The quantitative estimate of drug-likeness (QED) is 0.721. The number of hydrogen-bond donors (Lipinski definition) is 1. The number of hydrogen-bond acceptors (Lipinski definition) is 4. The van der Waals surface area contributed by atoms with Crippen molar-refractivity contribution in [3.8, 4) is 0 Å². The van der Waals surface area contributed by atoms with E-state index in [1.54, 1.807) is 12.3 Å². The Morgan fingerprint density at radius 1 is 1.38 bits per heavy atom. The fourth-order valence-electron chi connectivity index (χ4n) is 1.54. The summed E-state index contributed by atoms with van der Waals surface area (Å²) in [6.07, 6.45) is 4.13. The van der Waals surface area contributed by atoms with Crippen LogP contribution in [0.5, 0.6) is 0 Å². The van der Waals surface area contributed by atoms with Crippen LogP contribution in [-0.2, 0) is 6.61 Å². The molecule has 0 saturated carbocycles. The second-order valence-electron chi connectivity index (χ2n) is 3.20. The van der Waals surface area contributed by atoms with E-state index in [9.17, 15) is 0 Å². The summed E-state index contributed by atoms with van der Waals surface area (Å²) >= 11 is 0. The monoisotopic (exact) mass is 179 g/mol. The zero-order valence-electron chi connectivity index (χ0n) is 7.48. The first-order valence-corrected chi connectivity index (χ1v) is 4.58. The minimum Gasteiger partial charge on any atom is -0.390 e. The molecule has 1 aliphatic rings. The predicted molar refractivity (Wildman–Crippen MR) is 49.4 cm³/mol. The molecule has 0 spiro atoms. The third-order valence-corrected chi connectivity index (χ3v) is 2.25. The third kappa shape index (κ3) is 1.78. The summed E-state index contributed by atoms with van der Waals surface area (Å²) in [7, 11) is 0. The largest absolute Gasteiger partial charge is 0.390 e. The Kier molecular flexibility index (Phi) is 2.40. The zero-order valence-corrected chi connectivity index (χ0v) is 7.48. The van der Waals surface area contributed by atoms with Crippen LogP contribution in [0.2, 0.25) is 0 Å². The number of nitrogens with zero attached hydrogens (tertiary/aromatic N) is 3. The summed E-state index contributed by atoms with van der Waals surface area (Å²) in [5.41, 5.74) is 0.692. The Balaban J connectivity index is 2.18. The molecule has 4 nitrogen and oxygen atoms in total. The molecular weight excluding hydrogens is 166 g/mol. The van der Waals surface area contributed by atoms with Gasteiger partial charge in [0.1, 0.15) is 0 Å².